The van der Waals surface area contributed by atoms with E-state index in [1.807, 2.05) is 56.3 Å². The summed E-state index contributed by atoms with van der Waals surface area (Å²) in [6.45, 7) is 6.10. The fraction of sp³-hybridized carbons (Fsp3) is 0.125. The minimum Gasteiger partial charge on any atom is -0.353 e. The van der Waals surface area contributed by atoms with E-state index in [1.54, 1.807) is 0 Å². The molecule has 1 aromatic heterocycles. The van der Waals surface area contributed by atoms with Crippen molar-refractivity contribution in [3.05, 3.63) is 83.4 Å². The number of benzene rings is 3. The van der Waals surface area contributed by atoms with Crippen molar-refractivity contribution in [3.63, 3.8) is 0 Å². The molecule has 0 aliphatic heterocycles. The summed E-state index contributed by atoms with van der Waals surface area (Å²) >= 11 is 0. The normalized spacial score (nSPS) is 10.8. The maximum atomic E-state index is 12.8. The van der Waals surface area contributed by atoms with E-state index in [2.05, 4.69) is 46.8 Å². The van der Waals surface area contributed by atoms with Crippen molar-refractivity contribution in [1.29, 1.82) is 0 Å². The van der Waals surface area contributed by atoms with Crippen LogP contribution in [-0.4, -0.2) is 11.0 Å². The van der Waals surface area contributed by atoms with Gasteiger partial charge in [0.1, 0.15) is 0 Å². The van der Waals surface area contributed by atoms with Crippen molar-refractivity contribution in [2.75, 3.05) is 10.6 Å². The molecule has 140 valence electrons. The Balaban J connectivity index is 1.71. The Morgan fingerprint density at radius 1 is 0.821 bits per heavy atom. The highest BCUT2D eigenvalue weighted by molar-refractivity contribution is 6.10. The maximum Gasteiger partial charge on any atom is 0.323 e. The van der Waals surface area contributed by atoms with Crippen LogP contribution in [0.5, 0.6) is 0 Å². The Morgan fingerprint density at radius 2 is 1.57 bits per heavy atom. The van der Waals surface area contributed by atoms with E-state index in [-0.39, 0.29) is 6.03 Å². The Labute approximate surface area is 164 Å². The summed E-state index contributed by atoms with van der Waals surface area (Å²) in [5.41, 5.74) is 7.92. The number of aromatic amines is 1. The topological polar surface area (TPSA) is 56.9 Å². The van der Waals surface area contributed by atoms with Crippen LogP contribution in [0.3, 0.4) is 0 Å². The van der Waals surface area contributed by atoms with Crippen LogP contribution in [0.25, 0.3) is 22.2 Å². The molecule has 0 aliphatic carbocycles. The van der Waals surface area contributed by atoms with Gasteiger partial charge < -0.3 is 15.6 Å². The molecular formula is C24H23N3O. The van der Waals surface area contributed by atoms with E-state index in [0.29, 0.717) is 0 Å². The van der Waals surface area contributed by atoms with Gasteiger partial charge in [-0.15, -0.1) is 0 Å². The summed E-state index contributed by atoms with van der Waals surface area (Å²) in [5, 5.41) is 7.02. The van der Waals surface area contributed by atoms with Gasteiger partial charge in [-0.25, -0.2) is 4.79 Å². The molecule has 0 saturated heterocycles. The quantitative estimate of drug-likeness (QED) is 0.384. The minimum absolute atomic E-state index is 0.258. The molecule has 0 atom stereocenters. The van der Waals surface area contributed by atoms with Gasteiger partial charge in [0.2, 0.25) is 0 Å². The Morgan fingerprint density at radius 3 is 2.36 bits per heavy atom. The standard InChI is InChI=1S/C24H23N3O/c1-15-11-13-18(14-12-15)22-23(19-8-4-5-9-21(19)25-22)27-24(28)26-20-10-6-7-16(2)17(20)3/h4-14,25H,1-3H3,(H2,26,27,28). The molecule has 0 saturated carbocycles. The number of nitrogens with one attached hydrogen (secondary N) is 3. The molecule has 2 amide bonds. The van der Waals surface area contributed by atoms with Gasteiger partial charge in [0.25, 0.3) is 0 Å². The minimum atomic E-state index is -0.258. The predicted molar refractivity (Wildman–Crippen MR) is 117 cm³/mol. The van der Waals surface area contributed by atoms with Crippen LogP contribution < -0.4 is 10.6 Å². The summed E-state index contributed by atoms with van der Waals surface area (Å²) in [7, 11) is 0. The van der Waals surface area contributed by atoms with Crippen molar-refractivity contribution in [2.45, 2.75) is 20.8 Å². The smallest absolute Gasteiger partial charge is 0.323 e. The zero-order valence-corrected chi connectivity index (χ0v) is 16.3. The van der Waals surface area contributed by atoms with Crippen molar-refractivity contribution < 1.29 is 4.79 Å². The highest BCUT2D eigenvalue weighted by Crippen LogP contribution is 2.35. The maximum absolute atomic E-state index is 12.8. The molecule has 4 aromatic rings. The van der Waals surface area contributed by atoms with E-state index in [0.717, 1.165) is 44.7 Å². The number of amides is 2. The molecular weight excluding hydrogens is 346 g/mol. The molecule has 28 heavy (non-hydrogen) atoms. The first-order valence-electron chi connectivity index (χ1n) is 9.35. The van der Waals surface area contributed by atoms with E-state index in [1.165, 1.54) is 5.56 Å². The highest BCUT2D eigenvalue weighted by atomic mass is 16.2. The molecule has 0 bridgehead atoms. The molecule has 0 fully saturated rings. The Kier molecular flexibility index (Phi) is 4.62. The average Bonchev–Trinajstić information content (AvgIpc) is 3.04. The van der Waals surface area contributed by atoms with E-state index in [4.69, 9.17) is 0 Å². The molecule has 4 heteroatoms. The largest absolute Gasteiger partial charge is 0.353 e. The lowest BCUT2D eigenvalue weighted by Gasteiger charge is -2.12. The first-order chi connectivity index (χ1) is 13.5. The number of H-pyrrole nitrogens is 1. The lowest BCUT2D eigenvalue weighted by Crippen LogP contribution is -2.20. The number of rotatable bonds is 3. The van der Waals surface area contributed by atoms with Crippen LogP contribution in [0.4, 0.5) is 16.2 Å². The van der Waals surface area contributed by atoms with Crippen LogP contribution >= 0.6 is 0 Å². The third-order valence-electron chi connectivity index (χ3n) is 5.14. The predicted octanol–water partition coefficient (Wildman–Crippen LogP) is 6.40. The second kappa shape index (κ2) is 7.24. The summed E-state index contributed by atoms with van der Waals surface area (Å²) in [6.07, 6.45) is 0. The van der Waals surface area contributed by atoms with Crippen LogP contribution in [0.1, 0.15) is 16.7 Å². The molecule has 3 N–H and O–H groups in total. The summed E-state index contributed by atoms with van der Waals surface area (Å²) < 4.78 is 0. The SMILES string of the molecule is Cc1ccc(-c2[nH]c3ccccc3c2NC(=O)Nc2cccc(C)c2C)cc1. The van der Waals surface area contributed by atoms with E-state index in [9.17, 15) is 4.79 Å². The number of hydrogen-bond acceptors (Lipinski definition) is 1. The first-order valence-corrected chi connectivity index (χ1v) is 9.35. The van der Waals surface area contributed by atoms with Gasteiger partial charge in [-0.1, -0.05) is 60.2 Å². The number of para-hydroxylation sites is 1. The molecule has 0 aliphatic rings. The average molecular weight is 369 g/mol. The summed E-state index contributed by atoms with van der Waals surface area (Å²) in [6, 6.07) is 21.9. The third-order valence-corrected chi connectivity index (χ3v) is 5.14. The second-order valence-corrected chi connectivity index (χ2v) is 7.11. The van der Waals surface area contributed by atoms with Gasteiger partial charge in [-0.05, 0) is 44.0 Å². The number of carbonyl (C=O) groups is 1. The van der Waals surface area contributed by atoms with Gasteiger partial charge in [0, 0.05) is 22.2 Å². The molecule has 3 aromatic carbocycles. The van der Waals surface area contributed by atoms with Crippen LogP contribution in [-0.2, 0) is 0 Å². The number of fused-ring (bicyclic) bond motifs is 1. The van der Waals surface area contributed by atoms with Crippen LogP contribution in [0.15, 0.2) is 66.7 Å². The fourth-order valence-electron chi connectivity index (χ4n) is 3.36. The molecule has 1 heterocycles. The van der Waals surface area contributed by atoms with Crippen molar-refractivity contribution in [1.82, 2.24) is 4.98 Å². The number of anilines is 2. The monoisotopic (exact) mass is 369 g/mol. The van der Waals surface area contributed by atoms with Gasteiger partial charge in [-0.2, -0.15) is 0 Å². The molecule has 0 unspecified atom stereocenters. The number of aromatic nitrogens is 1. The molecule has 0 spiro atoms. The Bertz CT molecular complexity index is 1160. The number of aryl methyl sites for hydroxylation is 2. The van der Waals surface area contributed by atoms with E-state index < -0.39 is 0 Å². The Hall–Kier alpha value is -3.53. The highest BCUT2D eigenvalue weighted by Gasteiger charge is 2.16. The number of carbonyl (C=O) groups excluding carboxylic acids is 1. The fourth-order valence-corrected chi connectivity index (χ4v) is 3.36. The lowest BCUT2D eigenvalue weighted by molar-refractivity contribution is 0.262. The van der Waals surface area contributed by atoms with Crippen LogP contribution in [0, 0.1) is 20.8 Å². The third kappa shape index (κ3) is 3.37. The van der Waals surface area contributed by atoms with Gasteiger partial charge >= 0.3 is 6.03 Å². The van der Waals surface area contributed by atoms with Crippen molar-refractivity contribution >= 4 is 28.3 Å². The van der Waals surface area contributed by atoms with Crippen LogP contribution in [0.2, 0.25) is 0 Å². The van der Waals surface area contributed by atoms with E-state index >= 15 is 0 Å². The number of urea groups is 1. The van der Waals surface area contributed by atoms with Gasteiger partial charge in [0.05, 0.1) is 11.4 Å². The van der Waals surface area contributed by atoms with Gasteiger partial charge in [-0.3, -0.25) is 0 Å². The second-order valence-electron chi connectivity index (χ2n) is 7.11. The molecule has 0 radical (unpaired) electrons. The summed E-state index contributed by atoms with van der Waals surface area (Å²) in [4.78, 5) is 16.2. The molecule has 4 rings (SSSR count). The van der Waals surface area contributed by atoms with Crippen molar-refractivity contribution in [3.8, 4) is 11.3 Å². The zero-order valence-electron chi connectivity index (χ0n) is 16.3. The first kappa shape index (κ1) is 17.9. The van der Waals surface area contributed by atoms with Gasteiger partial charge in [0.15, 0.2) is 0 Å². The van der Waals surface area contributed by atoms with Crippen molar-refractivity contribution in [2.24, 2.45) is 0 Å². The molecule has 4 nitrogen and oxygen atoms in total. The lowest BCUT2D eigenvalue weighted by atomic mass is 10.1. The number of hydrogen-bond donors (Lipinski definition) is 3. The zero-order chi connectivity index (χ0) is 19.7. The summed E-state index contributed by atoms with van der Waals surface area (Å²) in [5.74, 6) is 0.